The first-order valence-corrected chi connectivity index (χ1v) is 9.26. The van der Waals surface area contributed by atoms with E-state index >= 15 is 0 Å². The minimum atomic E-state index is -3.32. The van der Waals surface area contributed by atoms with Crippen molar-refractivity contribution >= 4 is 47.6 Å². The van der Waals surface area contributed by atoms with Gasteiger partial charge in [-0.3, -0.25) is 4.72 Å². The van der Waals surface area contributed by atoms with Crippen LogP contribution in [0.4, 0.5) is 5.69 Å². The maximum Gasteiger partial charge on any atom is 0.232 e. The summed E-state index contributed by atoms with van der Waals surface area (Å²) in [5, 5.41) is 3.10. The van der Waals surface area contributed by atoms with Gasteiger partial charge in [0.1, 0.15) is 0 Å². The fourth-order valence-electron chi connectivity index (χ4n) is 1.57. The van der Waals surface area contributed by atoms with Crippen molar-refractivity contribution in [3.05, 3.63) is 26.6 Å². The van der Waals surface area contributed by atoms with Crippen LogP contribution in [0, 0.1) is 6.92 Å². The Kier molecular flexibility index (Phi) is 6.79. The van der Waals surface area contributed by atoms with Crippen molar-refractivity contribution in [1.29, 1.82) is 0 Å². The first-order chi connectivity index (χ1) is 8.85. The summed E-state index contributed by atoms with van der Waals surface area (Å²) >= 11 is 6.75. The lowest BCUT2D eigenvalue weighted by Gasteiger charge is -2.12. The van der Waals surface area contributed by atoms with Gasteiger partial charge in [-0.05, 0) is 76.0 Å². The third-order valence-corrected chi connectivity index (χ3v) is 5.05. The second-order valence-electron chi connectivity index (χ2n) is 4.23. The molecule has 0 atom stereocenters. The topological polar surface area (TPSA) is 58.2 Å². The largest absolute Gasteiger partial charge is 0.317 e. The number of nitrogens with one attached hydrogen (secondary N) is 2. The van der Waals surface area contributed by atoms with Gasteiger partial charge in [0.2, 0.25) is 10.0 Å². The van der Waals surface area contributed by atoms with E-state index in [4.69, 9.17) is 0 Å². The van der Waals surface area contributed by atoms with E-state index in [1.54, 1.807) is 0 Å². The van der Waals surface area contributed by atoms with E-state index in [0.717, 1.165) is 21.1 Å². The number of benzene rings is 1. The van der Waals surface area contributed by atoms with Crippen molar-refractivity contribution in [2.24, 2.45) is 0 Å². The van der Waals surface area contributed by atoms with Crippen molar-refractivity contribution < 1.29 is 8.42 Å². The molecule has 0 heterocycles. The van der Waals surface area contributed by atoms with Gasteiger partial charge in [-0.15, -0.1) is 0 Å². The lowest BCUT2D eigenvalue weighted by molar-refractivity contribution is 0.595. The molecule has 0 aromatic heterocycles. The summed E-state index contributed by atoms with van der Waals surface area (Å²) in [6, 6.07) is 3.75. The fraction of sp³-hybridized carbons (Fsp3) is 0.500. The van der Waals surface area contributed by atoms with Gasteiger partial charge < -0.3 is 5.32 Å². The summed E-state index contributed by atoms with van der Waals surface area (Å²) in [6.45, 7) is 5.49. The molecule has 7 heteroatoms. The first kappa shape index (κ1) is 16.9. The molecule has 0 saturated heterocycles. The maximum absolute atomic E-state index is 12.0. The highest BCUT2D eigenvalue weighted by molar-refractivity contribution is 9.11. The van der Waals surface area contributed by atoms with Crippen molar-refractivity contribution in [2.75, 3.05) is 23.6 Å². The van der Waals surface area contributed by atoms with Crippen molar-refractivity contribution in [1.82, 2.24) is 5.32 Å². The Bertz CT molecular complexity index is 510. The average Bonchev–Trinajstić information content (AvgIpc) is 2.29. The van der Waals surface area contributed by atoms with Crippen LogP contribution in [-0.4, -0.2) is 27.3 Å². The molecule has 19 heavy (non-hydrogen) atoms. The predicted molar refractivity (Wildman–Crippen MR) is 87.1 cm³/mol. The van der Waals surface area contributed by atoms with Gasteiger partial charge in [-0.1, -0.05) is 6.92 Å². The van der Waals surface area contributed by atoms with E-state index < -0.39 is 10.0 Å². The Labute approximate surface area is 131 Å². The van der Waals surface area contributed by atoms with E-state index in [-0.39, 0.29) is 5.75 Å². The molecule has 0 spiro atoms. The average molecular weight is 414 g/mol. The van der Waals surface area contributed by atoms with E-state index in [0.29, 0.717) is 18.7 Å². The molecule has 0 aliphatic heterocycles. The number of halogens is 2. The zero-order valence-electron chi connectivity index (χ0n) is 11.0. The molecule has 0 aliphatic rings. The van der Waals surface area contributed by atoms with Crippen LogP contribution in [0.25, 0.3) is 0 Å². The van der Waals surface area contributed by atoms with Crippen LogP contribution in [0.5, 0.6) is 0 Å². The maximum atomic E-state index is 12.0. The molecule has 4 nitrogen and oxygen atoms in total. The summed E-state index contributed by atoms with van der Waals surface area (Å²) in [6.07, 6.45) is 0.588. The Morgan fingerprint density at radius 2 is 1.79 bits per heavy atom. The van der Waals surface area contributed by atoms with Gasteiger partial charge >= 0.3 is 0 Å². The van der Waals surface area contributed by atoms with Crippen LogP contribution in [-0.2, 0) is 10.0 Å². The summed E-state index contributed by atoms with van der Waals surface area (Å²) < 4.78 is 28.0. The van der Waals surface area contributed by atoms with Gasteiger partial charge in [0.05, 0.1) is 11.4 Å². The molecule has 0 radical (unpaired) electrons. The zero-order valence-corrected chi connectivity index (χ0v) is 15.0. The Hall–Kier alpha value is -0.110. The highest BCUT2D eigenvalue weighted by Gasteiger charge is 2.14. The van der Waals surface area contributed by atoms with Crippen LogP contribution in [0.3, 0.4) is 0 Å². The third kappa shape index (κ3) is 5.81. The smallest absolute Gasteiger partial charge is 0.232 e. The van der Waals surface area contributed by atoms with E-state index in [1.807, 2.05) is 26.0 Å². The lowest BCUT2D eigenvalue weighted by atomic mass is 10.2. The second-order valence-corrected chi connectivity index (χ2v) is 7.78. The van der Waals surface area contributed by atoms with Crippen LogP contribution < -0.4 is 10.0 Å². The van der Waals surface area contributed by atoms with Crippen LogP contribution in [0.1, 0.15) is 18.9 Å². The molecule has 0 fully saturated rings. The van der Waals surface area contributed by atoms with Gasteiger partial charge in [-0.25, -0.2) is 8.42 Å². The zero-order chi connectivity index (χ0) is 14.5. The highest BCUT2D eigenvalue weighted by atomic mass is 79.9. The van der Waals surface area contributed by atoms with Crippen LogP contribution in [0.2, 0.25) is 0 Å². The molecular weight excluding hydrogens is 396 g/mol. The molecule has 0 unspecified atom stereocenters. The van der Waals surface area contributed by atoms with Gasteiger partial charge in [-0.2, -0.15) is 0 Å². The molecule has 0 bridgehead atoms. The minimum absolute atomic E-state index is 0.104. The van der Waals surface area contributed by atoms with Crippen molar-refractivity contribution in [2.45, 2.75) is 20.3 Å². The summed E-state index contributed by atoms with van der Waals surface area (Å²) in [7, 11) is -3.32. The third-order valence-electron chi connectivity index (χ3n) is 2.46. The number of hydrogen-bond donors (Lipinski definition) is 2. The molecule has 1 aromatic carbocycles. The second kappa shape index (κ2) is 7.61. The Balaban J connectivity index is 2.73. The fourth-order valence-corrected chi connectivity index (χ4v) is 4.60. The number of rotatable bonds is 7. The van der Waals surface area contributed by atoms with Gasteiger partial charge in [0, 0.05) is 8.95 Å². The van der Waals surface area contributed by atoms with E-state index in [1.165, 1.54) is 0 Å². The molecule has 0 saturated carbocycles. The molecule has 1 aromatic rings. The molecular formula is C12H18Br2N2O2S. The van der Waals surface area contributed by atoms with Crippen molar-refractivity contribution in [3.63, 3.8) is 0 Å². The molecule has 1 rings (SSSR count). The SMILES string of the molecule is CCNCCCS(=O)(=O)Nc1c(Br)cc(C)cc1Br. The quantitative estimate of drug-likeness (QED) is 0.674. The summed E-state index contributed by atoms with van der Waals surface area (Å²) in [4.78, 5) is 0. The summed E-state index contributed by atoms with van der Waals surface area (Å²) in [5.74, 6) is 0.104. The number of hydrogen-bond acceptors (Lipinski definition) is 3. The van der Waals surface area contributed by atoms with Crippen molar-refractivity contribution in [3.8, 4) is 0 Å². The van der Waals surface area contributed by atoms with Crippen LogP contribution in [0.15, 0.2) is 21.1 Å². The van der Waals surface area contributed by atoms with E-state index in [9.17, 15) is 8.42 Å². The standard InChI is InChI=1S/C12H18Br2N2O2S/c1-3-15-5-4-6-19(17,18)16-12-10(13)7-9(2)8-11(12)14/h7-8,15-16H,3-6H2,1-2H3. The minimum Gasteiger partial charge on any atom is -0.317 e. The summed E-state index contributed by atoms with van der Waals surface area (Å²) in [5.41, 5.74) is 1.60. The Morgan fingerprint density at radius 3 is 2.32 bits per heavy atom. The first-order valence-electron chi connectivity index (χ1n) is 6.02. The molecule has 0 amide bonds. The molecule has 108 valence electrons. The lowest BCUT2D eigenvalue weighted by Crippen LogP contribution is -2.22. The Morgan fingerprint density at radius 1 is 1.21 bits per heavy atom. The monoisotopic (exact) mass is 412 g/mol. The van der Waals surface area contributed by atoms with Crippen LogP contribution >= 0.6 is 31.9 Å². The molecule has 0 aliphatic carbocycles. The molecule has 2 N–H and O–H groups in total. The van der Waals surface area contributed by atoms with Gasteiger partial charge in [0.25, 0.3) is 0 Å². The predicted octanol–water partition coefficient (Wildman–Crippen LogP) is 3.26. The number of anilines is 1. The number of sulfonamides is 1. The normalized spacial score (nSPS) is 11.6. The van der Waals surface area contributed by atoms with Gasteiger partial charge in [0.15, 0.2) is 0 Å². The van der Waals surface area contributed by atoms with E-state index in [2.05, 4.69) is 41.9 Å². The number of aryl methyl sites for hydroxylation is 1. The highest BCUT2D eigenvalue weighted by Crippen LogP contribution is 2.33.